The van der Waals surface area contributed by atoms with Gasteiger partial charge in [0.25, 0.3) is 5.91 Å². The Morgan fingerprint density at radius 1 is 1.33 bits per heavy atom. The van der Waals surface area contributed by atoms with Crippen LogP contribution in [0.4, 0.5) is 5.69 Å². The number of aromatic amines is 1. The predicted octanol–water partition coefficient (Wildman–Crippen LogP) is 0.690. The summed E-state index contributed by atoms with van der Waals surface area (Å²) in [6.45, 7) is 0. The molecule has 18 heavy (non-hydrogen) atoms. The highest BCUT2D eigenvalue weighted by molar-refractivity contribution is 6.03. The van der Waals surface area contributed by atoms with Gasteiger partial charge in [-0.05, 0) is 12.1 Å². The van der Waals surface area contributed by atoms with Gasteiger partial charge in [-0.1, -0.05) is 12.1 Å². The van der Waals surface area contributed by atoms with Crippen molar-refractivity contribution >= 4 is 17.5 Å². The summed E-state index contributed by atoms with van der Waals surface area (Å²) in [7, 11) is 0. The summed E-state index contributed by atoms with van der Waals surface area (Å²) in [6.07, 6.45) is 3.23. The zero-order valence-electron chi connectivity index (χ0n) is 9.51. The van der Waals surface area contributed by atoms with Gasteiger partial charge in [0.05, 0.1) is 24.0 Å². The lowest BCUT2D eigenvalue weighted by atomic mass is 10.1. The molecule has 1 aromatic heterocycles. The summed E-state index contributed by atoms with van der Waals surface area (Å²) in [5.41, 5.74) is 6.62. The number of aromatic nitrogens is 2. The van der Waals surface area contributed by atoms with Gasteiger partial charge in [-0.25, -0.2) is 4.98 Å². The third kappa shape index (κ3) is 2.73. The number of rotatable bonds is 4. The van der Waals surface area contributed by atoms with Crippen molar-refractivity contribution in [2.45, 2.75) is 6.42 Å². The van der Waals surface area contributed by atoms with Crippen LogP contribution in [0.3, 0.4) is 0 Å². The van der Waals surface area contributed by atoms with Gasteiger partial charge >= 0.3 is 0 Å². The molecule has 2 aromatic rings. The molecule has 0 spiro atoms. The Hall–Kier alpha value is -2.63. The third-order valence-electron chi connectivity index (χ3n) is 2.37. The molecule has 0 fully saturated rings. The molecular formula is C12H12N4O2. The number of carbonyl (C=O) groups excluding carboxylic acids is 2. The normalized spacial score (nSPS) is 10.0. The van der Waals surface area contributed by atoms with Crippen LogP contribution in [-0.2, 0) is 11.2 Å². The molecule has 0 bridgehead atoms. The molecule has 1 heterocycles. The second-order valence-electron chi connectivity index (χ2n) is 3.71. The molecule has 0 saturated heterocycles. The van der Waals surface area contributed by atoms with Crippen molar-refractivity contribution in [2.75, 3.05) is 5.32 Å². The molecular weight excluding hydrogens is 232 g/mol. The van der Waals surface area contributed by atoms with Crippen molar-refractivity contribution in [3.8, 4) is 0 Å². The maximum Gasteiger partial charge on any atom is 0.250 e. The first-order chi connectivity index (χ1) is 8.66. The van der Waals surface area contributed by atoms with E-state index in [0.29, 0.717) is 11.4 Å². The molecule has 0 atom stereocenters. The average Bonchev–Trinajstić information content (AvgIpc) is 2.82. The van der Waals surface area contributed by atoms with E-state index in [4.69, 9.17) is 5.73 Å². The van der Waals surface area contributed by atoms with Crippen LogP contribution < -0.4 is 11.1 Å². The second-order valence-corrected chi connectivity index (χ2v) is 3.71. The van der Waals surface area contributed by atoms with Crippen molar-refractivity contribution in [1.82, 2.24) is 9.97 Å². The van der Waals surface area contributed by atoms with E-state index in [9.17, 15) is 9.59 Å². The minimum atomic E-state index is -0.576. The number of H-pyrrole nitrogens is 1. The number of carbonyl (C=O) groups is 2. The molecule has 0 radical (unpaired) electrons. The van der Waals surface area contributed by atoms with E-state index in [1.165, 1.54) is 6.33 Å². The average molecular weight is 244 g/mol. The molecule has 0 unspecified atom stereocenters. The van der Waals surface area contributed by atoms with Crippen molar-refractivity contribution in [3.63, 3.8) is 0 Å². The van der Waals surface area contributed by atoms with Gasteiger partial charge in [-0.3, -0.25) is 9.59 Å². The summed E-state index contributed by atoms with van der Waals surface area (Å²) in [4.78, 5) is 29.6. The van der Waals surface area contributed by atoms with Gasteiger partial charge < -0.3 is 16.0 Å². The highest BCUT2D eigenvalue weighted by atomic mass is 16.2. The fourth-order valence-corrected chi connectivity index (χ4v) is 1.56. The van der Waals surface area contributed by atoms with Crippen molar-refractivity contribution in [2.24, 2.45) is 5.73 Å². The smallest absolute Gasteiger partial charge is 0.250 e. The number of nitrogens with two attached hydrogens (primary N) is 1. The monoisotopic (exact) mass is 244 g/mol. The Kier molecular flexibility index (Phi) is 3.38. The lowest BCUT2D eigenvalue weighted by Crippen LogP contribution is -2.19. The highest BCUT2D eigenvalue weighted by Crippen LogP contribution is 2.14. The van der Waals surface area contributed by atoms with E-state index in [1.807, 2.05) is 0 Å². The topological polar surface area (TPSA) is 101 Å². The van der Waals surface area contributed by atoms with Crippen LogP contribution in [0.5, 0.6) is 0 Å². The van der Waals surface area contributed by atoms with Gasteiger partial charge in [0.1, 0.15) is 0 Å². The number of para-hydroxylation sites is 1. The first-order valence-electron chi connectivity index (χ1n) is 5.33. The summed E-state index contributed by atoms with van der Waals surface area (Å²) < 4.78 is 0. The lowest BCUT2D eigenvalue weighted by molar-refractivity contribution is -0.115. The van der Waals surface area contributed by atoms with Crippen molar-refractivity contribution in [1.29, 1.82) is 0 Å². The maximum absolute atomic E-state index is 11.7. The molecule has 6 heteroatoms. The minimum absolute atomic E-state index is 0.160. The molecule has 0 aliphatic rings. The number of hydrogen-bond donors (Lipinski definition) is 3. The number of benzene rings is 1. The van der Waals surface area contributed by atoms with Crippen LogP contribution in [0.2, 0.25) is 0 Å². The largest absolute Gasteiger partial charge is 0.366 e. The van der Waals surface area contributed by atoms with Crippen LogP contribution in [0.1, 0.15) is 16.1 Å². The standard InChI is InChI=1S/C12H12N4O2/c13-12(18)9-3-1-2-4-10(9)16-11(17)5-8-6-14-7-15-8/h1-4,6-7H,5H2,(H2,13,18)(H,14,15)(H,16,17). The number of amides is 2. The van der Waals surface area contributed by atoms with Crippen molar-refractivity contribution in [3.05, 3.63) is 48.0 Å². The third-order valence-corrected chi connectivity index (χ3v) is 2.37. The number of anilines is 1. The van der Waals surface area contributed by atoms with Crippen LogP contribution in [0.15, 0.2) is 36.8 Å². The molecule has 2 amide bonds. The van der Waals surface area contributed by atoms with E-state index < -0.39 is 5.91 Å². The molecule has 2 rings (SSSR count). The molecule has 0 aliphatic heterocycles. The molecule has 4 N–H and O–H groups in total. The minimum Gasteiger partial charge on any atom is -0.366 e. The Labute approximate surface area is 103 Å². The van der Waals surface area contributed by atoms with E-state index in [-0.39, 0.29) is 17.9 Å². The molecule has 92 valence electrons. The van der Waals surface area contributed by atoms with Gasteiger partial charge in [0.15, 0.2) is 0 Å². The summed E-state index contributed by atoms with van der Waals surface area (Å²) >= 11 is 0. The van der Waals surface area contributed by atoms with Crippen LogP contribution in [0, 0.1) is 0 Å². The van der Waals surface area contributed by atoms with Crippen molar-refractivity contribution < 1.29 is 9.59 Å². The quantitative estimate of drug-likeness (QED) is 0.737. The van der Waals surface area contributed by atoms with Crippen LogP contribution in [0.25, 0.3) is 0 Å². The number of hydrogen-bond acceptors (Lipinski definition) is 3. The number of imidazole rings is 1. The summed E-state index contributed by atoms with van der Waals surface area (Å²) in [6, 6.07) is 6.60. The second kappa shape index (κ2) is 5.13. The zero-order valence-corrected chi connectivity index (χ0v) is 9.51. The Morgan fingerprint density at radius 2 is 2.11 bits per heavy atom. The maximum atomic E-state index is 11.7. The van der Waals surface area contributed by atoms with Crippen LogP contribution in [-0.4, -0.2) is 21.8 Å². The van der Waals surface area contributed by atoms with Gasteiger partial charge in [-0.2, -0.15) is 0 Å². The summed E-state index contributed by atoms with van der Waals surface area (Å²) in [5, 5.41) is 2.64. The van der Waals surface area contributed by atoms with E-state index >= 15 is 0 Å². The summed E-state index contributed by atoms with van der Waals surface area (Å²) in [5.74, 6) is -0.819. The Morgan fingerprint density at radius 3 is 2.78 bits per heavy atom. The SMILES string of the molecule is NC(=O)c1ccccc1NC(=O)Cc1cnc[nH]1. The molecule has 0 saturated carbocycles. The Bertz CT molecular complexity index is 563. The highest BCUT2D eigenvalue weighted by Gasteiger charge is 2.10. The van der Waals surface area contributed by atoms with Gasteiger partial charge in [0, 0.05) is 11.9 Å². The van der Waals surface area contributed by atoms with Crippen LogP contribution >= 0.6 is 0 Å². The first-order valence-corrected chi connectivity index (χ1v) is 5.33. The molecule has 1 aromatic carbocycles. The fraction of sp³-hybridized carbons (Fsp3) is 0.0833. The Balaban J connectivity index is 2.09. The van der Waals surface area contributed by atoms with E-state index in [1.54, 1.807) is 30.5 Å². The van der Waals surface area contributed by atoms with E-state index in [2.05, 4.69) is 15.3 Å². The predicted molar refractivity (Wildman–Crippen MR) is 65.9 cm³/mol. The van der Waals surface area contributed by atoms with Gasteiger partial charge in [0.2, 0.25) is 5.91 Å². The first kappa shape index (κ1) is 11.8. The lowest BCUT2D eigenvalue weighted by Gasteiger charge is -2.07. The molecule has 6 nitrogen and oxygen atoms in total. The fourth-order valence-electron chi connectivity index (χ4n) is 1.56. The van der Waals surface area contributed by atoms with E-state index in [0.717, 1.165) is 0 Å². The number of nitrogens with zero attached hydrogens (tertiary/aromatic N) is 1. The zero-order chi connectivity index (χ0) is 13.0. The van der Waals surface area contributed by atoms with Gasteiger partial charge in [-0.15, -0.1) is 0 Å². The number of primary amides is 1. The number of nitrogens with one attached hydrogen (secondary N) is 2. The molecule has 0 aliphatic carbocycles.